The normalized spacial score (nSPS) is 14.0. The van der Waals surface area contributed by atoms with E-state index in [-0.39, 0.29) is 29.0 Å². The highest BCUT2D eigenvalue weighted by Gasteiger charge is 2.30. The Bertz CT molecular complexity index is 1090. The molecule has 1 aliphatic rings. The van der Waals surface area contributed by atoms with Gasteiger partial charge in [0, 0.05) is 23.7 Å². The van der Waals surface area contributed by atoms with E-state index < -0.39 is 10.0 Å². The minimum absolute atomic E-state index is 0.116. The van der Waals surface area contributed by atoms with Crippen molar-refractivity contribution in [1.82, 2.24) is 4.31 Å². The molecule has 166 valence electrons. The number of aryl methyl sites for hydroxylation is 2. The summed E-state index contributed by atoms with van der Waals surface area (Å²) in [5.74, 6) is -0.363. The van der Waals surface area contributed by atoms with Crippen LogP contribution in [0.4, 0.5) is 11.4 Å². The molecule has 0 saturated carbocycles. The van der Waals surface area contributed by atoms with E-state index in [1.165, 1.54) is 27.0 Å². The Morgan fingerprint density at radius 1 is 1.13 bits per heavy atom. The van der Waals surface area contributed by atoms with Gasteiger partial charge in [0.15, 0.2) is 0 Å². The Kier molecular flexibility index (Phi) is 7.08. The van der Waals surface area contributed by atoms with Gasteiger partial charge in [-0.2, -0.15) is 4.31 Å². The first-order chi connectivity index (χ1) is 14.7. The van der Waals surface area contributed by atoms with Gasteiger partial charge >= 0.3 is 0 Å². The van der Waals surface area contributed by atoms with Crippen molar-refractivity contribution in [2.24, 2.45) is 0 Å². The second-order valence-corrected chi connectivity index (χ2v) is 10.3. The number of para-hydroxylation sites is 1. The van der Waals surface area contributed by atoms with Crippen molar-refractivity contribution in [1.29, 1.82) is 0 Å². The zero-order valence-electron chi connectivity index (χ0n) is 18.1. The van der Waals surface area contributed by atoms with Gasteiger partial charge in [0.05, 0.1) is 16.3 Å². The van der Waals surface area contributed by atoms with Crippen LogP contribution in [0.2, 0.25) is 0 Å². The van der Waals surface area contributed by atoms with Crippen LogP contribution in [0, 0.1) is 13.8 Å². The molecule has 0 spiro atoms. The highest BCUT2D eigenvalue weighted by Crippen LogP contribution is 2.37. The molecule has 1 aliphatic heterocycles. The van der Waals surface area contributed by atoms with Crippen molar-refractivity contribution in [3.05, 3.63) is 47.5 Å². The van der Waals surface area contributed by atoms with Crippen molar-refractivity contribution in [3.8, 4) is 0 Å². The summed E-state index contributed by atoms with van der Waals surface area (Å²) in [6.45, 7) is 7.90. The molecular weight excluding hydrogens is 434 g/mol. The van der Waals surface area contributed by atoms with Crippen LogP contribution < -0.4 is 10.2 Å². The summed E-state index contributed by atoms with van der Waals surface area (Å²) in [5.41, 5.74) is 3.04. The number of nitrogens with zero attached hydrogens (tertiary/aromatic N) is 2. The third-order valence-electron chi connectivity index (χ3n) is 5.26. The number of carbonyl (C=O) groups is 2. The largest absolute Gasteiger partial charge is 0.324 e. The molecule has 3 rings (SSSR count). The fraction of sp³-hybridized carbons (Fsp3) is 0.364. The number of hydrogen-bond acceptors (Lipinski definition) is 5. The number of benzene rings is 2. The van der Waals surface area contributed by atoms with Crippen LogP contribution in [0.25, 0.3) is 0 Å². The number of fused-ring (bicyclic) bond motifs is 1. The van der Waals surface area contributed by atoms with E-state index in [0.717, 1.165) is 21.7 Å². The minimum atomic E-state index is -3.68. The number of carbonyl (C=O) groups excluding carboxylic acids is 2. The van der Waals surface area contributed by atoms with Crippen LogP contribution in [0.15, 0.2) is 46.2 Å². The second kappa shape index (κ2) is 9.42. The van der Waals surface area contributed by atoms with Crippen molar-refractivity contribution < 1.29 is 18.0 Å². The number of thioether (sulfide) groups is 1. The van der Waals surface area contributed by atoms with Gasteiger partial charge in [0.1, 0.15) is 6.54 Å². The Balaban J connectivity index is 1.91. The van der Waals surface area contributed by atoms with Crippen LogP contribution in [-0.2, 0) is 19.6 Å². The maximum absolute atomic E-state index is 12.9. The molecule has 9 heteroatoms. The highest BCUT2D eigenvalue weighted by atomic mass is 32.2. The smallest absolute Gasteiger partial charge is 0.244 e. The zero-order valence-corrected chi connectivity index (χ0v) is 19.8. The molecule has 2 aromatic carbocycles. The maximum Gasteiger partial charge on any atom is 0.244 e. The van der Waals surface area contributed by atoms with Gasteiger partial charge in [-0.05, 0) is 43.2 Å². The van der Waals surface area contributed by atoms with E-state index in [0.29, 0.717) is 18.8 Å². The lowest BCUT2D eigenvalue weighted by atomic mass is 10.1. The predicted molar refractivity (Wildman–Crippen MR) is 124 cm³/mol. The van der Waals surface area contributed by atoms with Crippen LogP contribution in [-0.4, -0.2) is 49.9 Å². The average molecular weight is 462 g/mol. The molecule has 31 heavy (non-hydrogen) atoms. The van der Waals surface area contributed by atoms with Gasteiger partial charge in [0.25, 0.3) is 0 Å². The number of anilines is 2. The molecule has 2 aromatic rings. The lowest BCUT2D eigenvalue weighted by molar-refractivity contribution is -0.120. The van der Waals surface area contributed by atoms with Crippen LogP contribution in [0.1, 0.15) is 25.0 Å². The standard InChI is InChI=1S/C22H27N3O4S2/c1-5-24(6-2)31(28,29)17-10-11-19-18(12-17)25(21(27)14-30-19)13-20(26)23-22-15(3)8-7-9-16(22)4/h7-12H,5-6,13-14H2,1-4H3,(H,23,26). The fourth-order valence-electron chi connectivity index (χ4n) is 3.56. The average Bonchev–Trinajstić information content (AvgIpc) is 2.73. The first-order valence-electron chi connectivity index (χ1n) is 10.1. The molecule has 0 aliphatic carbocycles. The Labute approximate surface area is 187 Å². The summed E-state index contributed by atoms with van der Waals surface area (Å²) < 4.78 is 27.3. The molecule has 7 nitrogen and oxygen atoms in total. The molecule has 0 radical (unpaired) electrons. The zero-order chi connectivity index (χ0) is 22.8. The first kappa shape index (κ1) is 23.3. The monoisotopic (exact) mass is 461 g/mol. The maximum atomic E-state index is 12.9. The number of amides is 2. The minimum Gasteiger partial charge on any atom is -0.324 e. The Morgan fingerprint density at radius 3 is 2.39 bits per heavy atom. The Hall–Kier alpha value is -2.36. The van der Waals surface area contributed by atoms with E-state index in [1.54, 1.807) is 26.0 Å². The summed E-state index contributed by atoms with van der Waals surface area (Å²) in [6.07, 6.45) is 0. The molecule has 0 aromatic heterocycles. The van der Waals surface area contributed by atoms with Gasteiger partial charge in [-0.3, -0.25) is 9.59 Å². The van der Waals surface area contributed by atoms with Gasteiger partial charge in [0.2, 0.25) is 21.8 Å². The fourth-order valence-corrected chi connectivity index (χ4v) is 5.96. The third kappa shape index (κ3) is 4.78. The Morgan fingerprint density at radius 2 is 1.77 bits per heavy atom. The molecule has 0 saturated heterocycles. The summed E-state index contributed by atoms with van der Waals surface area (Å²) in [7, 11) is -3.68. The van der Waals surface area contributed by atoms with E-state index >= 15 is 0 Å². The van der Waals surface area contributed by atoms with Gasteiger partial charge < -0.3 is 10.2 Å². The second-order valence-electron chi connectivity index (χ2n) is 7.30. The van der Waals surface area contributed by atoms with Crippen molar-refractivity contribution in [2.45, 2.75) is 37.5 Å². The van der Waals surface area contributed by atoms with Crippen molar-refractivity contribution in [3.63, 3.8) is 0 Å². The molecule has 1 heterocycles. The lowest BCUT2D eigenvalue weighted by Crippen LogP contribution is -2.41. The summed E-state index contributed by atoms with van der Waals surface area (Å²) >= 11 is 1.34. The SMILES string of the molecule is CCN(CC)S(=O)(=O)c1ccc2c(c1)N(CC(=O)Nc1c(C)cccc1C)C(=O)CS2. The third-order valence-corrected chi connectivity index (χ3v) is 8.36. The molecule has 2 amide bonds. The van der Waals surface area contributed by atoms with Gasteiger partial charge in [-0.25, -0.2) is 8.42 Å². The molecule has 0 bridgehead atoms. The summed E-state index contributed by atoms with van der Waals surface area (Å²) in [4.78, 5) is 27.7. The van der Waals surface area contributed by atoms with Gasteiger partial charge in [-0.1, -0.05) is 32.0 Å². The van der Waals surface area contributed by atoms with Crippen LogP contribution >= 0.6 is 11.8 Å². The molecule has 0 fully saturated rings. The number of nitrogens with one attached hydrogen (secondary N) is 1. The molecule has 1 N–H and O–H groups in total. The van der Waals surface area contributed by atoms with Crippen molar-refractivity contribution >= 4 is 45.0 Å². The van der Waals surface area contributed by atoms with Gasteiger partial charge in [-0.15, -0.1) is 11.8 Å². The van der Waals surface area contributed by atoms with Crippen LogP contribution in [0.3, 0.4) is 0 Å². The van der Waals surface area contributed by atoms with E-state index in [1.807, 2.05) is 32.0 Å². The summed E-state index contributed by atoms with van der Waals surface area (Å²) in [5, 5.41) is 2.89. The molecular formula is C22H27N3O4S2. The number of hydrogen-bond donors (Lipinski definition) is 1. The van der Waals surface area contributed by atoms with E-state index in [9.17, 15) is 18.0 Å². The summed E-state index contributed by atoms with van der Waals surface area (Å²) in [6, 6.07) is 10.5. The number of rotatable bonds is 7. The highest BCUT2D eigenvalue weighted by molar-refractivity contribution is 8.00. The molecule has 0 unspecified atom stereocenters. The topological polar surface area (TPSA) is 86.8 Å². The number of sulfonamides is 1. The first-order valence-corrected chi connectivity index (χ1v) is 12.5. The van der Waals surface area contributed by atoms with Crippen LogP contribution in [0.5, 0.6) is 0 Å². The van der Waals surface area contributed by atoms with E-state index in [4.69, 9.17) is 0 Å². The lowest BCUT2D eigenvalue weighted by Gasteiger charge is -2.29. The predicted octanol–water partition coefficient (Wildman–Crippen LogP) is 3.41. The molecule has 0 atom stereocenters. The van der Waals surface area contributed by atoms with Crippen molar-refractivity contribution in [2.75, 3.05) is 35.6 Å². The van der Waals surface area contributed by atoms with E-state index in [2.05, 4.69) is 5.32 Å². The quantitative estimate of drug-likeness (QED) is 0.683.